The highest BCUT2D eigenvalue weighted by Gasteiger charge is 2.23. The molecule has 3 rings (SSSR count). The number of methoxy groups -OCH3 is 1. The van der Waals surface area contributed by atoms with E-state index in [0.717, 1.165) is 24.2 Å². The Hall–Kier alpha value is -2.49. The third-order valence-electron chi connectivity index (χ3n) is 4.66. The molecule has 1 aliphatic rings. The van der Waals surface area contributed by atoms with Gasteiger partial charge in [-0.05, 0) is 43.0 Å². The average molecular weight is 325 g/mol. The van der Waals surface area contributed by atoms with Crippen LogP contribution in [0.25, 0.3) is 0 Å². The van der Waals surface area contributed by atoms with Crippen molar-refractivity contribution in [1.82, 2.24) is 0 Å². The number of para-hydroxylation sites is 1. The molecular weight excluding hydrogens is 302 g/mol. The van der Waals surface area contributed by atoms with Gasteiger partial charge in [0.1, 0.15) is 5.75 Å². The Morgan fingerprint density at radius 3 is 2.42 bits per heavy atom. The number of benzene rings is 2. The van der Waals surface area contributed by atoms with Gasteiger partial charge in [-0.15, -0.1) is 0 Å². The fraction of sp³-hybridized carbons (Fsp3) is 0.350. The van der Waals surface area contributed by atoms with Gasteiger partial charge < -0.3 is 14.7 Å². The number of nitrogens with zero attached hydrogens (tertiary/aromatic N) is 1. The second-order valence-electron chi connectivity index (χ2n) is 6.20. The van der Waals surface area contributed by atoms with Crippen molar-refractivity contribution in [2.45, 2.75) is 25.2 Å². The molecule has 4 heteroatoms. The molecule has 1 N–H and O–H groups in total. The average Bonchev–Trinajstić information content (AvgIpc) is 3.14. The van der Waals surface area contributed by atoms with Crippen LogP contribution in [0.5, 0.6) is 5.75 Å². The topological polar surface area (TPSA) is 49.8 Å². The SMILES string of the molecule is COc1ccccc1C(Cc1ccc(N2CCCC2)cc1)C(=O)O. The summed E-state index contributed by atoms with van der Waals surface area (Å²) < 4.78 is 5.33. The maximum Gasteiger partial charge on any atom is 0.311 e. The van der Waals surface area contributed by atoms with E-state index in [2.05, 4.69) is 17.0 Å². The van der Waals surface area contributed by atoms with Gasteiger partial charge in [-0.25, -0.2) is 0 Å². The standard InChI is InChI=1S/C20H23NO3/c1-24-19-7-3-2-6-17(19)18(20(22)23)14-15-8-10-16(11-9-15)21-12-4-5-13-21/h2-3,6-11,18H,4-5,12-14H2,1H3,(H,22,23). The summed E-state index contributed by atoms with van der Waals surface area (Å²) in [5.41, 5.74) is 2.97. The molecule has 0 aliphatic carbocycles. The summed E-state index contributed by atoms with van der Waals surface area (Å²) in [4.78, 5) is 14.2. The summed E-state index contributed by atoms with van der Waals surface area (Å²) in [5.74, 6) is -0.819. The summed E-state index contributed by atoms with van der Waals surface area (Å²) in [6.45, 7) is 2.22. The van der Waals surface area contributed by atoms with E-state index in [1.165, 1.54) is 18.5 Å². The van der Waals surface area contributed by atoms with Gasteiger partial charge in [0.15, 0.2) is 0 Å². The van der Waals surface area contributed by atoms with E-state index in [4.69, 9.17) is 4.74 Å². The fourth-order valence-corrected chi connectivity index (χ4v) is 3.34. The number of hydrogen-bond acceptors (Lipinski definition) is 3. The second-order valence-corrected chi connectivity index (χ2v) is 6.20. The summed E-state index contributed by atoms with van der Waals surface area (Å²) in [7, 11) is 1.57. The van der Waals surface area contributed by atoms with Crippen LogP contribution in [0.4, 0.5) is 5.69 Å². The van der Waals surface area contributed by atoms with Gasteiger partial charge in [-0.1, -0.05) is 30.3 Å². The Labute approximate surface area is 142 Å². The Balaban J connectivity index is 1.79. The predicted molar refractivity (Wildman–Crippen MR) is 95.0 cm³/mol. The fourth-order valence-electron chi connectivity index (χ4n) is 3.34. The van der Waals surface area contributed by atoms with Crippen molar-refractivity contribution in [2.24, 2.45) is 0 Å². The maximum absolute atomic E-state index is 11.8. The molecule has 1 atom stereocenters. The van der Waals surface area contributed by atoms with E-state index in [0.29, 0.717) is 12.2 Å². The Kier molecular flexibility index (Phi) is 5.04. The number of carboxylic acid groups (broad SMARTS) is 1. The van der Waals surface area contributed by atoms with Crippen LogP contribution in [-0.2, 0) is 11.2 Å². The van der Waals surface area contributed by atoms with E-state index in [9.17, 15) is 9.90 Å². The van der Waals surface area contributed by atoms with Crippen molar-refractivity contribution in [3.63, 3.8) is 0 Å². The van der Waals surface area contributed by atoms with E-state index in [1.54, 1.807) is 7.11 Å². The molecular formula is C20H23NO3. The van der Waals surface area contributed by atoms with Gasteiger partial charge in [-0.3, -0.25) is 4.79 Å². The number of hydrogen-bond donors (Lipinski definition) is 1. The molecule has 0 radical (unpaired) electrons. The number of anilines is 1. The zero-order valence-corrected chi connectivity index (χ0v) is 13.9. The van der Waals surface area contributed by atoms with Crippen molar-refractivity contribution in [3.8, 4) is 5.75 Å². The van der Waals surface area contributed by atoms with Crippen molar-refractivity contribution < 1.29 is 14.6 Å². The van der Waals surface area contributed by atoms with Gasteiger partial charge in [0.2, 0.25) is 0 Å². The summed E-state index contributed by atoms with van der Waals surface area (Å²) in [6.07, 6.45) is 2.95. The second kappa shape index (κ2) is 7.39. The van der Waals surface area contributed by atoms with Crippen LogP contribution < -0.4 is 9.64 Å². The van der Waals surface area contributed by atoms with Crippen molar-refractivity contribution >= 4 is 11.7 Å². The highest BCUT2D eigenvalue weighted by Crippen LogP contribution is 2.30. The van der Waals surface area contributed by atoms with Crippen LogP contribution in [0.15, 0.2) is 48.5 Å². The van der Waals surface area contributed by atoms with Gasteiger partial charge in [0.25, 0.3) is 0 Å². The highest BCUT2D eigenvalue weighted by molar-refractivity contribution is 5.77. The molecule has 1 saturated heterocycles. The smallest absolute Gasteiger partial charge is 0.311 e. The van der Waals surface area contributed by atoms with Crippen molar-refractivity contribution in [2.75, 3.05) is 25.1 Å². The van der Waals surface area contributed by atoms with Crippen LogP contribution in [0.1, 0.15) is 29.9 Å². The highest BCUT2D eigenvalue weighted by atomic mass is 16.5. The van der Waals surface area contributed by atoms with Crippen LogP contribution in [0.3, 0.4) is 0 Å². The van der Waals surface area contributed by atoms with E-state index < -0.39 is 11.9 Å². The molecule has 2 aromatic carbocycles. The maximum atomic E-state index is 11.8. The van der Waals surface area contributed by atoms with Gasteiger partial charge in [0.05, 0.1) is 13.0 Å². The minimum Gasteiger partial charge on any atom is -0.496 e. The first kappa shape index (κ1) is 16.4. The molecule has 126 valence electrons. The molecule has 0 saturated carbocycles. The minimum atomic E-state index is -0.830. The van der Waals surface area contributed by atoms with E-state index >= 15 is 0 Å². The zero-order chi connectivity index (χ0) is 16.9. The van der Waals surface area contributed by atoms with Crippen LogP contribution in [0.2, 0.25) is 0 Å². The lowest BCUT2D eigenvalue weighted by Crippen LogP contribution is -2.18. The van der Waals surface area contributed by atoms with Gasteiger partial charge in [-0.2, -0.15) is 0 Å². The first-order valence-corrected chi connectivity index (χ1v) is 8.38. The first-order valence-electron chi connectivity index (χ1n) is 8.38. The van der Waals surface area contributed by atoms with Crippen LogP contribution >= 0.6 is 0 Å². The van der Waals surface area contributed by atoms with Crippen LogP contribution in [0, 0.1) is 0 Å². The Morgan fingerprint density at radius 2 is 1.79 bits per heavy atom. The number of ether oxygens (including phenoxy) is 1. The molecule has 24 heavy (non-hydrogen) atoms. The Morgan fingerprint density at radius 1 is 1.12 bits per heavy atom. The lowest BCUT2D eigenvalue weighted by molar-refractivity contribution is -0.138. The molecule has 0 spiro atoms. The molecule has 1 aliphatic heterocycles. The lowest BCUT2D eigenvalue weighted by Gasteiger charge is -2.19. The normalized spacial score (nSPS) is 15.3. The number of carbonyl (C=O) groups is 1. The molecule has 0 aromatic heterocycles. The summed E-state index contributed by atoms with van der Waals surface area (Å²) in [6, 6.07) is 15.6. The number of rotatable bonds is 6. The molecule has 2 aromatic rings. The summed E-state index contributed by atoms with van der Waals surface area (Å²) >= 11 is 0. The quantitative estimate of drug-likeness (QED) is 0.880. The minimum absolute atomic E-state index is 0.454. The van der Waals surface area contributed by atoms with E-state index in [1.807, 2.05) is 36.4 Å². The molecule has 0 bridgehead atoms. The van der Waals surface area contributed by atoms with Gasteiger partial charge in [0, 0.05) is 24.3 Å². The van der Waals surface area contributed by atoms with Crippen molar-refractivity contribution in [3.05, 3.63) is 59.7 Å². The number of aliphatic carboxylic acids is 1. The molecule has 1 unspecified atom stereocenters. The molecule has 1 fully saturated rings. The first-order chi connectivity index (χ1) is 11.7. The van der Waals surface area contributed by atoms with Gasteiger partial charge >= 0.3 is 5.97 Å². The third kappa shape index (κ3) is 3.53. The molecule has 0 amide bonds. The third-order valence-corrected chi connectivity index (χ3v) is 4.66. The predicted octanol–water partition coefficient (Wildman–Crippen LogP) is 3.71. The molecule has 4 nitrogen and oxygen atoms in total. The Bertz CT molecular complexity index is 690. The monoisotopic (exact) mass is 325 g/mol. The van der Waals surface area contributed by atoms with Crippen molar-refractivity contribution in [1.29, 1.82) is 0 Å². The number of carboxylic acids is 1. The molecule has 1 heterocycles. The zero-order valence-electron chi connectivity index (χ0n) is 13.9. The van der Waals surface area contributed by atoms with Crippen LogP contribution in [-0.4, -0.2) is 31.3 Å². The lowest BCUT2D eigenvalue weighted by atomic mass is 9.91. The summed E-state index contributed by atoms with van der Waals surface area (Å²) in [5, 5.41) is 9.67. The van der Waals surface area contributed by atoms with E-state index in [-0.39, 0.29) is 0 Å². The largest absolute Gasteiger partial charge is 0.496 e.